The van der Waals surface area contributed by atoms with E-state index in [1.54, 1.807) is 18.2 Å². The average molecular weight is 444 g/mol. The fourth-order valence-corrected chi connectivity index (χ4v) is 4.58. The lowest BCUT2D eigenvalue weighted by Gasteiger charge is -2.09. The molecule has 154 valence electrons. The summed E-state index contributed by atoms with van der Waals surface area (Å²) in [6.07, 6.45) is 0. The molecule has 2 heterocycles. The predicted molar refractivity (Wildman–Crippen MR) is 114 cm³/mol. The normalized spacial score (nSPS) is 12.0. The number of fused-ring (bicyclic) bond motifs is 1. The van der Waals surface area contributed by atoms with Crippen LogP contribution in [0.25, 0.3) is 22.0 Å². The van der Waals surface area contributed by atoms with E-state index in [0.29, 0.717) is 22.2 Å². The molecule has 6 nitrogen and oxygen atoms in total. The van der Waals surface area contributed by atoms with Crippen LogP contribution in [0.4, 0.5) is 4.39 Å². The van der Waals surface area contributed by atoms with Gasteiger partial charge in [-0.1, -0.05) is 36.0 Å². The molecule has 0 aliphatic heterocycles. The number of halogens is 1. The summed E-state index contributed by atoms with van der Waals surface area (Å²) in [5.74, 6) is 0.614. The van der Waals surface area contributed by atoms with Gasteiger partial charge in [-0.15, -0.1) is 10.2 Å². The quantitative estimate of drug-likeness (QED) is 0.406. The molecule has 9 heteroatoms. The second-order valence-corrected chi connectivity index (χ2v) is 9.75. The third-order valence-corrected chi connectivity index (χ3v) is 7.19. The maximum absolute atomic E-state index is 13.3. The number of benzene rings is 2. The van der Waals surface area contributed by atoms with Gasteiger partial charge in [-0.05, 0) is 36.4 Å². The smallest absolute Gasteiger partial charge is 0.275 e. The van der Waals surface area contributed by atoms with Gasteiger partial charge >= 0.3 is 0 Å². The first-order chi connectivity index (χ1) is 14.4. The van der Waals surface area contributed by atoms with Gasteiger partial charge in [-0.2, -0.15) is 0 Å². The highest BCUT2D eigenvalue weighted by molar-refractivity contribution is 7.98. The Morgan fingerprint density at radius 1 is 0.967 bits per heavy atom. The minimum absolute atomic E-state index is 0.0919. The van der Waals surface area contributed by atoms with Crippen LogP contribution >= 0.6 is 11.8 Å². The van der Waals surface area contributed by atoms with Gasteiger partial charge in [0, 0.05) is 30.4 Å². The fraction of sp³-hybridized carbons (Fsp3) is 0.143. The molecule has 0 aliphatic rings. The lowest BCUT2D eigenvalue weighted by atomic mass is 10.1. The molecule has 0 spiro atoms. The Hall–Kier alpha value is -2.75. The summed E-state index contributed by atoms with van der Waals surface area (Å²) in [4.78, 5) is 0. The maximum Gasteiger partial charge on any atom is 0.275 e. The molecule has 4 rings (SSSR count). The molecule has 0 N–H and O–H groups in total. The summed E-state index contributed by atoms with van der Waals surface area (Å²) in [6.45, 7) is 0. The van der Waals surface area contributed by atoms with Crippen LogP contribution in [-0.4, -0.2) is 37.0 Å². The van der Waals surface area contributed by atoms with Crippen molar-refractivity contribution in [1.82, 2.24) is 14.5 Å². The highest BCUT2D eigenvalue weighted by atomic mass is 32.2. The highest BCUT2D eigenvalue weighted by Crippen LogP contribution is 2.33. The molecule has 2 aromatic carbocycles. The van der Waals surface area contributed by atoms with Gasteiger partial charge in [0.1, 0.15) is 22.3 Å². The SMILES string of the molecule is CN(C)S(=O)(=O)c1ccc(CSc2nnc(-c3ccc(F)cc3)c3ccccc23)o1. The van der Waals surface area contributed by atoms with Crippen LogP contribution in [0.2, 0.25) is 0 Å². The van der Waals surface area contributed by atoms with Crippen molar-refractivity contribution < 1.29 is 17.2 Å². The van der Waals surface area contributed by atoms with Crippen molar-refractivity contribution in [2.45, 2.75) is 15.9 Å². The lowest BCUT2D eigenvalue weighted by Crippen LogP contribution is -2.21. The summed E-state index contributed by atoms with van der Waals surface area (Å²) in [6, 6.07) is 17.0. The van der Waals surface area contributed by atoms with Gasteiger partial charge < -0.3 is 4.42 Å². The summed E-state index contributed by atoms with van der Waals surface area (Å²) >= 11 is 1.41. The van der Waals surface area contributed by atoms with Gasteiger partial charge in [0.2, 0.25) is 5.09 Å². The second-order valence-electron chi connectivity index (χ2n) is 6.70. The molecule has 2 aromatic heterocycles. The van der Waals surface area contributed by atoms with E-state index in [0.717, 1.165) is 20.6 Å². The first-order valence-corrected chi connectivity index (χ1v) is 11.4. The van der Waals surface area contributed by atoms with Crippen LogP contribution in [0.5, 0.6) is 0 Å². The fourth-order valence-electron chi connectivity index (χ4n) is 2.90. The minimum Gasteiger partial charge on any atom is -0.447 e. The van der Waals surface area contributed by atoms with Crippen molar-refractivity contribution >= 4 is 32.6 Å². The zero-order valence-corrected chi connectivity index (χ0v) is 17.9. The number of hydrogen-bond acceptors (Lipinski definition) is 6. The van der Waals surface area contributed by atoms with E-state index in [9.17, 15) is 12.8 Å². The van der Waals surface area contributed by atoms with E-state index in [1.165, 1.54) is 44.1 Å². The molecule has 0 radical (unpaired) electrons. The number of thioether (sulfide) groups is 1. The molecule has 0 fully saturated rings. The number of furan rings is 1. The van der Waals surface area contributed by atoms with Crippen LogP contribution in [0.1, 0.15) is 5.76 Å². The minimum atomic E-state index is -3.61. The molecule has 0 atom stereocenters. The van der Waals surface area contributed by atoms with E-state index >= 15 is 0 Å². The molecule has 4 aromatic rings. The average Bonchev–Trinajstić information content (AvgIpc) is 3.22. The standard InChI is InChI=1S/C21H18FN3O3S2/c1-25(2)30(26,27)19-12-11-16(28-19)13-29-21-18-6-4-3-5-17(18)20(23-24-21)14-7-9-15(22)10-8-14/h3-12H,13H2,1-2H3. The monoisotopic (exact) mass is 443 g/mol. The topological polar surface area (TPSA) is 76.3 Å². The summed E-state index contributed by atoms with van der Waals surface area (Å²) in [7, 11) is -0.700. The Kier molecular flexibility index (Phi) is 5.59. The van der Waals surface area contributed by atoms with Crippen LogP contribution in [-0.2, 0) is 15.8 Å². The number of nitrogens with zero attached hydrogens (tertiary/aromatic N) is 3. The first kappa shape index (κ1) is 20.5. The van der Waals surface area contributed by atoms with Crippen LogP contribution < -0.4 is 0 Å². The zero-order chi connectivity index (χ0) is 21.3. The Morgan fingerprint density at radius 2 is 1.67 bits per heavy atom. The van der Waals surface area contributed by atoms with Crippen LogP contribution in [0.3, 0.4) is 0 Å². The number of sulfonamides is 1. The van der Waals surface area contributed by atoms with E-state index in [4.69, 9.17) is 4.42 Å². The molecule has 0 unspecified atom stereocenters. The van der Waals surface area contributed by atoms with Gasteiger partial charge in [-0.25, -0.2) is 17.1 Å². The molecular formula is C21H18FN3O3S2. The Labute approximate surface area is 177 Å². The lowest BCUT2D eigenvalue weighted by molar-refractivity contribution is 0.408. The molecule has 0 bridgehead atoms. The third kappa shape index (κ3) is 3.96. The predicted octanol–water partition coefficient (Wildman–Crippen LogP) is 4.57. The number of hydrogen-bond donors (Lipinski definition) is 0. The molecular weight excluding hydrogens is 425 g/mol. The van der Waals surface area contributed by atoms with Crippen molar-refractivity contribution in [3.63, 3.8) is 0 Å². The Bertz CT molecular complexity index is 1300. The Balaban J connectivity index is 1.63. The van der Waals surface area contributed by atoms with Gasteiger partial charge in [0.25, 0.3) is 10.0 Å². The van der Waals surface area contributed by atoms with E-state index in [-0.39, 0.29) is 10.9 Å². The number of rotatable bonds is 6. The summed E-state index contributed by atoms with van der Waals surface area (Å²) in [5.41, 5.74) is 1.45. The van der Waals surface area contributed by atoms with Crippen molar-refractivity contribution in [3.8, 4) is 11.3 Å². The van der Waals surface area contributed by atoms with E-state index < -0.39 is 10.0 Å². The highest BCUT2D eigenvalue weighted by Gasteiger charge is 2.21. The number of aromatic nitrogens is 2. The summed E-state index contributed by atoms with van der Waals surface area (Å²) < 4.78 is 44.2. The van der Waals surface area contributed by atoms with Crippen LogP contribution in [0, 0.1) is 5.82 Å². The van der Waals surface area contributed by atoms with Gasteiger partial charge in [-0.3, -0.25) is 0 Å². The van der Waals surface area contributed by atoms with Crippen molar-refractivity contribution in [1.29, 1.82) is 0 Å². The third-order valence-electron chi connectivity index (χ3n) is 4.49. The van der Waals surface area contributed by atoms with Crippen molar-refractivity contribution in [2.75, 3.05) is 14.1 Å². The maximum atomic E-state index is 13.3. The molecule has 0 amide bonds. The molecule has 0 saturated heterocycles. The van der Waals surface area contributed by atoms with E-state index in [2.05, 4.69) is 10.2 Å². The molecule has 30 heavy (non-hydrogen) atoms. The van der Waals surface area contributed by atoms with Gasteiger partial charge in [0.15, 0.2) is 0 Å². The largest absolute Gasteiger partial charge is 0.447 e. The summed E-state index contributed by atoms with van der Waals surface area (Å²) in [5, 5.41) is 11.1. The van der Waals surface area contributed by atoms with Crippen LogP contribution in [0.15, 0.2) is 75.2 Å². The second kappa shape index (κ2) is 8.17. The van der Waals surface area contributed by atoms with Gasteiger partial charge in [0.05, 0.1) is 5.75 Å². The molecule has 0 aliphatic carbocycles. The zero-order valence-electron chi connectivity index (χ0n) is 16.2. The van der Waals surface area contributed by atoms with Crippen molar-refractivity contribution in [3.05, 3.63) is 72.2 Å². The molecule has 0 saturated carbocycles. The Morgan fingerprint density at radius 3 is 2.37 bits per heavy atom. The van der Waals surface area contributed by atoms with E-state index in [1.807, 2.05) is 24.3 Å². The van der Waals surface area contributed by atoms with Crippen molar-refractivity contribution in [2.24, 2.45) is 0 Å². The first-order valence-electron chi connectivity index (χ1n) is 9.01.